The molecule has 0 atom stereocenters. The van der Waals surface area contributed by atoms with E-state index in [1.807, 2.05) is 13.8 Å². The minimum atomic E-state index is -3.29. The quantitative estimate of drug-likeness (QED) is 0.716. The first-order valence-corrected chi connectivity index (χ1v) is 8.05. The van der Waals surface area contributed by atoms with Gasteiger partial charge in [0.25, 0.3) is 0 Å². The number of rotatable bonds is 8. The SMILES string of the molecule is CC(C)Oc1ccc(NS(=O)(=O)CCCCN)cc1. The summed E-state index contributed by atoms with van der Waals surface area (Å²) in [5, 5.41) is 0. The molecule has 5 nitrogen and oxygen atoms in total. The van der Waals surface area contributed by atoms with Crippen LogP contribution in [0.4, 0.5) is 5.69 Å². The third-order valence-electron chi connectivity index (χ3n) is 2.37. The number of hydrogen-bond acceptors (Lipinski definition) is 4. The summed E-state index contributed by atoms with van der Waals surface area (Å²) < 4.78 is 31.5. The average molecular weight is 286 g/mol. The lowest BCUT2D eigenvalue weighted by molar-refractivity contribution is 0.242. The van der Waals surface area contributed by atoms with Crippen molar-refractivity contribution in [2.24, 2.45) is 5.73 Å². The first-order valence-electron chi connectivity index (χ1n) is 6.40. The molecule has 0 heterocycles. The van der Waals surface area contributed by atoms with Gasteiger partial charge in [0.2, 0.25) is 10.0 Å². The Hall–Kier alpha value is -1.27. The average Bonchev–Trinajstić information content (AvgIpc) is 2.31. The van der Waals surface area contributed by atoms with Crippen molar-refractivity contribution in [3.05, 3.63) is 24.3 Å². The van der Waals surface area contributed by atoms with Crippen molar-refractivity contribution in [1.82, 2.24) is 0 Å². The standard InChI is InChI=1S/C13H22N2O3S/c1-11(2)18-13-7-5-12(6-8-13)15-19(16,17)10-4-3-9-14/h5-8,11,15H,3-4,9-10,14H2,1-2H3. The predicted molar refractivity (Wildman–Crippen MR) is 77.9 cm³/mol. The number of unbranched alkanes of at least 4 members (excludes halogenated alkanes) is 1. The van der Waals surface area contributed by atoms with Crippen LogP contribution in [0.15, 0.2) is 24.3 Å². The number of ether oxygens (including phenoxy) is 1. The molecule has 108 valence electrons. The molecule has 1 rings (SSSR count). The lowest BCUT2D eigenvalue weighted by Crippen LogP contribution is -2.17. The summed E-state index contributed by atoms with van der Waals surface area (Å²) in [6.07, 6.45) is 1.38. The van der Waals surface area contributed by atoms with Gasteiger partial charge in [-0.25, -0.2) is 8.42 Å². The van der Waals surface area contributed by atoms with E-state index in [1.54, 1.807) is 24.3 Å². The number of hydrogen-bond donors (Lipinski definition) is 2. The van der Waals surface area contributed by atoms with Gasteiger partial charge < -0.3 is 10.5 Å². The first kappa shape index (κ1) is 15.8. The molecule has 0 unspecified atom stereocenters. The van der Waals surface area contributed by atoms with Crippen LogP contribution in [0.3, 0.4) is 0 Å². The van der Waals surface area contributed by atoms with Gasteiger partial charge in [0.15, 0.2) is 0 Å². The number of nitrogens with two attached hydrogens (primary N) is 1. The zero-order chi connectivity index (χ0) is 14.3. The third kappa shape index (κ3) is 6.45. The van der Waals surface area contributed by atoms with Crippen molar-refractivity contribution in [2.45, 2.75) is 32.8 Å². The molecule has 0 spiro atoms. The minimum Gasteiger partial charge on any atom is -0.491 e. The number of nitrogens with one attached hydrogen (secondary N) is 1. The van der Waals surface area contributed by atoms with Gasteiger partial charge in [0.05, 0.1) is 11.9 Å². The molecule has 19 heavy (non-hydrogen) atoms. The van der Waals surface area contributed by atoms with Gasteiger partial charge >= 0.3 is 0 Å². The fraction of sp³-hybridized carbons (Fsp3) is 0.538. The van der Waals surface area contributed by atoms with E-state index in [9.17, 15) is 8.42 Å². The monoisotopic (exact) mass is 286 g/mol. The first-order chi connectivity index (χ1) is 8.93. The molecule has 1 aromatic carbocycles. The van der Waals surface area contributed by atoms with Crippen LogP contribution in [-0.2, 0) is 10.0 Å². The van der Waals surface area contributed by atoms with Gasteiger partial charge in [-0.3, -0.25) is 4.72 Å². The van der Waals surface area contributed by atoms with Crippen molar-refractivity contribution in [2.75, 3.05) is 17.0 Å². The highest BCUT2D eigenvalue weighted by atomic mass is 32.2. The highest BCUT2D eigenvalue weighted by molar-refractivity contribution is 7.92. The van der Waals surface area contributed by atoms with Crippen LogP contribution in [0.2, 0.25) is 0 Å². The molecule has 0 saturated heterocycles. The summed E-state index contributed by atoms with van der Waals surface area (Å²) in [4.78, 5) is 0. The molecule has 0 radical (unpaired) electrons. The van der Waals surface area contributed by atoms with Gasteiger partial charge in [0.1, 0.15) is 5.75 Å². The van der Waals surface area contributed by atoms with Crippen molar-refractivity contribution < 1.29 is 13.2 Å². The second-order valence-electron chi connectivity index (χ2n) is 4.61. The Morgan fingerprint density at radius 2 is 1.84 bits per heavy atom. The van der Waals surface area contributed by atoms with Crippen molar-refractivity contribution >= 4 is 15.7 Å². The Morgan fingerprint density at radius 1 is 1.21 bits per heavy atom. The highest BCUT2D eigenvalue weighted by Crippen LogP contribution is 2.18. The van der Waals surface area contributed by atoms with Gasteiger partial charge in [0, 0.05) is 5.69 Å². The van der Waals surface area contributed by atoms with E-state index >= 15 is 0 Å². The molecule has 6 heteroatoms. The van der Waals surface area contributed by atoms with Crippen molar-refractivity contribution in [1.29, 1.82) is 0 Å². The van der Waals surface area contributed by atoms with E-state index in [4.69, 9.17) is 10.5 Å². The largest absolute Gasteiger partial charge is 0.491 e. The molecule has 0 bridgehead atoms. The topological polar surface area (TPSA) is 81.4 Å². The lowest BCUT2D eigenvalue weighted by atomic mass is 10.3. The molecule has 0 amide bonds. The van der Waals surface area contributed by atoms with E-state index in [1.165, 1.54) is 0 Å². The minimum absolute atomic E-state index is 0.0917. The van der Waals surface area contributed by atoms with E-state index in [2.05, 4.69) is 4.72 Å². The maximum Gasteiger partial charge on any atom is 0.232 e. The normalized spacial score (nSPS) is 11.6. The van der Waals surface area contributed by atoms with Crippen molar-refractivity contribution in [3.8, 4) is 5.75 Å². The van der Waals surface area contributed by atoms with Gasteiger partial charge in [-0.1, -0.05) is 0 Å². The molecule has 1 aromatic rings. The summed E-state index contributed by atoms with van der Waals surface area (Å²) in [7, 11) is -3.29. The molecule has 0 aliphatic heterocycles. The summed E-state index contributed by atoms with van der Waals surface area (Å²) in [6, 6.07) is 6.88. The Kier molecular flexibility index (Phi) is 6.11. The molecule has 0 aliphatic carbocycles. The van der Waals surface area contributed by atoms with Crippen LogP contribution in [0.5, 0.6) is 5.75 Å². The highest BCUT2D eigenvalue weighted by Gasteiger charge is 2.09. The number of anilines is 1. The summed E-state index contributed by atoms with van der Waals surface area (Å²) in [5.74, 6) is 0.815. The van der Waals surface area contributed by atoms with Crippen LogP contribution < -0.4 is 15.2 Å². The van der Waals surface area contributed by atoms with E-state index in [0.29, 0.717) is 25.1 Å². The number of sulfonamides is 1. The van der Waals surface area contributed by atoms with Gasteiger partial charge in [-0.2, -0.15) is 0 Å². The van der Waals surface area contributed by atoms with Crippen LogP contribution in [0.1, 0.15) is 26.7 Å². The molecule has 0 fully saturated rings. The van der Waals surface area contributed by atoms with Crippen LogP contribution in [0.25, 0.3) is 0 Å². The van der Waals surface area contributed by atoms with Crippen LogP contribution in [-0.4, -0.2) is 26.8 Å². The Bertz CT molecular complexity index is 469. The summed E-state index contributed by atoms with van der Waals surface area (Å²) in [6.45, 7) is 4.39. The summed E-state index contributed by atoms with van der Waals surface area (Å²) in [5.41, 5.74) is 5.88. The molecule has 3 N–H and O–H groups in total. The van der Waals surface area contributed by atoms with Gasteiger partial charge in [-0.15, -0.1) is 0 Å². The molecule has 0 aliphatic rings. The Morgan fingerprint density at radius 3 is 2.37 bits per heavy atom. The van der Waals surface area contributed by atoms with E-state index in [0.717, 1.165) is 5.75 Å². The number of benzene rings is 1. The zero-order valence-corrected chi connectivity index (χ0v) is 12.2. The molecule has 0 saturated carbocycles. The second kappa shape index (κ2) is 7.35. The smallest absolute Gasteiger partial charge is 0.232 e. The van der Waals surface area contributed by atoms with E-state index in [-0.39, 0.29) is 11.9 Å². The second-order valence-corrected chi connectivity index (χ2v) is 6.45. The van der Waals surface area contributed by atoms with E-state index < -0.39 is 10.0 Å². The Labute approximate surface area is 115 Å². The molecule has 0 aromatic heterocycles. The Balaban J connectivity index is 2.57. The predicted octanol–water partition coefficient (Wildman–Crippen LogP) is 1.95. The lowest BCUT2D eigenvalue weighted by Gasteiger charge is -2.11. The van der Waals surface area contributed by atoms with Gasteiger partial charge in [-0.05, 0) is 57.5 Å². The fourth-order valence-corrected chi connectivity index (χ4v) is 2.72. The maximum absolute atomic E-state index is 11.8. The molecular formula is C13H22N2O3S. The van der Waals surface area contributed by atoms with Crippen LogP contribution >= 0.6 is 0 Å². The molecular weight excluding hydrogens is 264 g/mol. The van der Waals surface area contributed by atoms with Crippen LogP contribution in [0, 0.1) is 0 Å². The maximum atomic E-state index is 11.8. The third-order valence-corrected chi connectivity index (χ3v) is 3.74. The summed E-state index contributed by atoms with van der Waals surface area (Å²) >= 11 is 0. The zero-order valence-electron chi connectivity index (χ0n) is 11.4. The van der Waals surface area contributed by atoms with Crippen molar-refractivity contribution in [3.63, 3.8) is 0 Å². The fourth-order valence-electron chi connectivity index (χ4n) is 1.54.